The monoisotopic (exact) mass is 403 g/mol. The lowest BCUT2D eigenvalue weighted by atomic mass is 9.99. The van der Waals surface area contributed by atoms with Crippen LogP contribution < -0.4 is 0 Å². The first kappa shape index (κ1) is 17.5. The van der Waals surface area contributed by atoms with E-state index in [-0.39, 0.29) is 0 Å². The van der Waals surface area contributed by atoms with Crippen LogP contribution in [0.2, 0.25) is 0 Å². The summed E-state index contributed by atoms with van der Waals surface area (Å²) in [6, 6.07) is 18.6. The van der Waals surface area contributed by atoms with Gasteiger partial charge in [-0.3, -0.25) is 15.1 Å². The van der Waals surface area contributed by atoms with Gasteiger partial charge in [0.15, 0.2) is 0 Å². The molecule has 148 valence electrons. The second-order valence-corrected chi connectivity index (χ2v) is 7.49. The zero-order valence-corrected chi connectivity index (χ0v) is 16.7. The number of aromatic amines is 1. The number of nitrogens with one attached hydrogen (secondary N) is 1. The molecule has 0 radical (unpaired) electrons. The van der Waals surface area contributed by atoms with Gasteiger partial charge in [-0.2, -0.15) is 5.10 Å². The van der Waals surface area contributed by atoms with Gasteiger partial charge in [0.25, 0.3) is 0 Å². The fraction of sp³-hybridized carbons (Fsp3) is 0.0400. The molecule has 0 aliphatic heterocycles. The van der Waals surface area contributed by atoms with Crippen LogP contribution in [0.15, 0.2) is 83.9 Å². The number of rotatable bonds is 3. The molecule has 6 rings (SSSR count). The minimum atomic E-state index is 0.511. The molecule has 0 fully saturated rings. The van der Waals surface area contributed by atoms with Crippen molar-refractivity contribution in [1.82, 2.24) is 25.1 Å². The van der Waals surface area contributed by atoms with Crippen LogP contribution in [0.4, 0.5) is 0 Å². The molecule has 0 unspecified atom stereocenters. The number of hydrogen-bond donors (Lipinski definition) is 1. The number of H-pyrrole nitrogens is 1. The van der Waals surface area contributed by atoms with E-state index in [0.29, 0.717) is 11.6 Å². The van der Waals surface area contributed by atoms with Gasteiger partial charge in [0.2, 0.25) is 5.89 Å². The zero-order valence-electron chi connectivity index (χ0n) is 16.7. The third-order valence-corrected chi connectivity index (χ3v) is 5.43. The lowest BCUT2D eigenvalue weighted by molar-refractivity contribution is 0.572. The Hall–Kier alpha value is -4.32. The Bertz CT molecular complexity index is 1530. The second-order valence-electron chi connectivity index (χ2n) is 7.49. The SMILES string of the molecule is Cc1cccc(-c2n[nH]c3cnc4ccc(-c5ccc(-c6ncco6)nc5)cc4c23)c1. The Morgan fingerprint density at radius 1 is 0.839 bits per heavy atom. The summed E-state index contributed by atoms with van der Waals surface area (Å²) in [7, 11) is 0. The number of benzene rings is 2. The fourth-order valence-corrected chi connectivity index (χ4v) is 3.93. The molecule has 6 aromatic rings. The molecule has 1 N–H and O–H groups in total. The first-order valence-corrected chi connectivity index (χ1v) is 9.96. The first-order valence-electron chi connectivity index (χ1n) is 9.96. The first-order chi connectivity index (χ1) is 15.3. The van der Waals surface area contributed by atoms with E-state index >= 15 is 0 Å². The van der Waals surface area contributed by atoms with E-state index in [1.165, 1.54) is 5.56 Å². The summed E-state index contributed by atoms with van der Waals surface area (Å²) < 4.78 is 5.33. The van der Waals surface area contributed by atoms with Crippen molar-refractivity contribution in [1.29, 1.82) is 0 Å². The van der Waals surface area contributed by atoms with E-state index in [0.717, 1.165) is 44.2 Å². The summed E-state index contributed by atoms with van der Waals surface area (Å²) in [5, 5.41) is 9.87. The van der Waals surface area contributed by atoms with Crippen molar-refractivity contribution in [2.45, 2.75) is 6.92 Å². The Morgan fingerprint density at radius 3 is 2.58 bits per heavy atom. The number of fused-ring (bicyclic) bond motifs is 3. The number of pyridine rings is 2. The van der Waals surface area contributed by atoms with Crippen molar-refractivity contribution >= 4 is 21.8 Å². The number of oxazole rings is 1. The van der Waals surface area contributed by atoms with E-state index < -0.39 is 0 Å². The van der Waals surface area contributed by atoms with Gasteiger partial charge in [-0.15, -0.1) is 0 Å². The molecular weight excluding hydrogens is 386 g/mol. The Morgan fingerprint density at radius 2 is 1.77 bits per heavy atom. The van der Waals surface area contributed by atoms with Gasteiger partial charge in [0.1, 0.15) is 17.7 Å². The number of aryl methyl sites for hydroxylation is 1. The predicted octanol–water partition coefficient (Wildman–Crippen LogP) is 5.80. The molecule has 0 saturated heterocycles. The van der Waals surface area contributed by atoms with Crippen molar-refractivity contribution in [2.24, 2.45) is 0 Å². The molecule has 31 heavy (non-hydrogen) atoms. The summed E-state index contributed by atoms with van der Waals surface area (Å²) in [5.74, 6) is 0.511. The molecule has 0 saturated carbocycles. The molecular formula is C25H17N5O. The molecule has 6 heteroatoms. The third-order valence-electron chi connectivity index (χ3n) is 5.43. The fourth-order valence-electron chi connectivity index (χ4n) is 3.93. The zero-order chi connectivity index (χ0) is 20.8. The second kappa shape index (κ2) is 6.88. The Kier molecular flexibility index (Phi) is 3.89. The van der Waals surface area contributed by atoms with Crippen molar-refractivity contribution in [3.63, 3.8) is 0 Å². The maximum absolute atomic E-state index is 5.33. The van der Waals surface area contributed by atoms with E-state index in [1.807, 2.05) is 30.6 Å². The molecule has 0 aliphatic carbocycles. The topological polar surface area (TPSA) is 80.5 Å². The molecule has 0 atom stereocenters. The molecule has 4 aromatic heterocycles. The highest BCUT2D eigenvalue weighted by molar-refractivity contribution is 6.11. The maximum Gasteiger partial charge on any atom is 0.244 e. The van der Waals surface area contributed by atoms with Gasteiger partial charge in [0.05, 0.1) is 23.4 Å². The largest absolute Gasteiger partial charge is 0.443 e. The van der Waals surface area contributed by atoms with E-state index in [4.69, 9.17) is 4.42 Å². The normalized spacial score (nSPS) is 11.4. The van der Waals surface area contributed by atoms with Crippen molar-refractivity contribution in [3.05, 3.63) is 85.0 Å². The quantitative estimate of drug-likeness (QED) is 0.404. The lowest BCUT2D eigenvalue weighted by Crippen LogP contribution is -1.87. The van der Waals surface area contributed by atoms with E-state index in [1.54, 1.807) is 12.5 Å². The van der Waals surface area contributed by atoms with Crippen LogP contribution in [-0.4, -0.2) is 25.1 Å². The minimum absolute atomic E-state index is 0.511. The summed E-state index contributed by atoms with van der Waals surface area (Å²) >= 11 is 0. The summed E-state index contributed by atoms with van der Waals surface area (Å²) in [4.78, 5) is 13.3. The molecule has 4 heterocycles. The van der Waals surface area contributed by atoms with Crippen LogP contribution in [-0.2, 0) is 0 Å². The third kappa shape index (κ3) is 2.97. The minimum Gasteiger partial charge on any atom is -0.443 e. The van der Waals surface area contributed by atoms with Gasteiger partial charge in [-0.05, 0) is 36.8 Å². The van der Waals surface area contributed by atoms with Crippen molar-refractivity contribution in [2.75, 3.05) is 0 Å². The highest BCUT2D eigenvalue weighted by atomic mass is 16.3. The van der Waals surface area contributed by atoms with Gasteiger partial charge >= 0.3 is 0 Å². The van der Waals surface area contributed by atoms with Crippen molar-refractivity contribution in [3.8, 4) is 34.0 Å². The molecule has 0 amide bonds. The van der Waals surface area contributed by atoms with E-state index in [9.17, 15) is 0 Å². The lowest BCUT2D eigenvalue weighted by Gasteiger charge is -2.07. The van der Waals surface area contributed by atoms with Crippen LogP contribution in [0.5, 0.6) is 0 Å². The van der Waals surface area contributed by atoms with Crippen LogP contribution >= 0.6 is 0 Å². The number of hydrogen-bond acceptors (Lipinski definition) is 5. The number of aromatic nitrogens is 5. The van der Waals surface area contributed by atoms with Crippen LogP contribution in [0.3, 0.4) is 0 Å². The molecule has 2 aromatic carbocycles. The van der Waals surface area contributed by atoms with Crippen LogP contribution in [0.25, 0.3) is 55.8 Å². The smallest absolute Gasteiger partial charge is 0.244 e. The predicted molar refractivity (Wildman–Crippen MR) is 120 cm³/mol. The van der Waals surface area contributed by atoms with E-state index in [2.05, 4.69) is 68.5 Å². The standard InChI is InChI=1S/C25H17N5O/c1-15-3-2-4-17(11-15)24-23-19-12-16(5-7-20(19)28-14-22(23)29-30-24)18-6-8-21(27-13-18)25-26-9-10-31-25/h2-14H,1H3,(H,29,30). The average molecular weight is 403 g/mol. The molecule has 0 aliphatic rings. The van der Waals surface area contributed by atoms with Gasteiger partial charge in [-0.25, -0.2) is 4.98 Å². The van der Waals surface area contributed by atoms with Crippen molar-refractivity contribution < 1.29 is 4.42 Å². The van der Waals surface area contributed by atoms with Gasteiger partial charge < -0.3 is 4.42 Å². The summed E-state index contributed by atoms with van der Waals surface area (Å²) in [6.07, 6.45) is 6.84. The molecule has 6 nitrogen and oxygen atoms in total. The van der Waals surface area contributed by atoms with Gasteiger partial charge in [0, 0.05) is 28.1 Å². The molecule has 0 spiro atoms. The highest BCUT2D eigenvalue weighted by Gasteiger charge is 2.14. The van der Waals surface area contributed by atoms with Gasteiger partial charge in [-0.1, -0.05) is 35.9 Å². The maximum atomic E-state index is 5.33. The Balaban J connectivity index is 1.51. The molecule has 0 bridgehead atoms. The highest BCUT2D eigenvalue weighted by Crippen LogP contribution is 2.34. The van der Waals surface area contributed by atoms with Crippen LogP contribution in [0, 0.1) is 6.92 Å². The summed E-state index contributed by atoms with van der Waals surface area (Å²) in [5.41, 5.74) is 7.83. The average Bonchev–Trinajstić information content (AvgIpc) is 3.49. The Labute approximate surface area is 177 Å². The number of nitrogens with zero attached hydrogens (tertiary/aromatic N) is 4. The van der Waals surface area contributed by atoms with Crippen LogP contribution in [0.1, 0.15) is 5.56 Å². The summed E-state index contributed by atoms with van der Waals surface area (Å²) in [6.45, 7) is 2.09.